The van der Waals surface area contributed by atoms with Gasteiger partial charge in [0, 0.05) is 6.42 Å². The second kappa shape index (κ2) is 7.83. The Labute approximate surface area is 168 Å². The summed E-state index contributed by atoms with van der Waals surface area (Å²) in [4.78, 5) is 0. The van der Waals surface area contributed by atoms with Gasteiger partial charge in [0.15, 0.2) is 0 Å². The van der Waals surface area contributed by atoms with E-state index >= 15 is 0 Å². The minimum Gasteiger partial charge on any atom is -0.392 e. The number of allylic oxidation sites excluding steroid dienone is 3. The van der Waals surface area contributed by atoms with Gasteiger partial charge in [-0.25, -0.2) is 8.78 Å². The van der Waals surface area contributed by atoms with Crippen molar-refractivity contribution in [2.24, 2.45) is 35.0 Å². The zero-order chi connectivity index (χ0) is 20.1. The standard InChI is InChI=1S/C24H36F2O2/c1-14(10-23(25)26)19-7-8-20-16(4-3-9-24(19,20)2)6-5-15-11-21(27)17-13-18(17)22(28)12-15/h5-6,14,17-23,27-28H,3-4,7-13H2,1-2H3/b15-5?,16-6+/t14-,17?,18?,19?,20?,21+,22+,24+/m0/s1. The molecule has 0 saturated heterocycles. The third kappa shape index (κ3) is 3.84. The second-order valence-corrected chi connectivity index (χ2v) is 10.4. The average Bonchev–Trinajstić information content (AvgIpc) is 3.35. The maximum absolute atomic E-state index is 13.0. The summed E-state index contributed by atoms with van der Waals surface area (Å²) in [5.41, 5.74) is 2.76. The Morgan fingerprint density at radius 2 is 1.79 bits per heavy atom. The molecule has 2 nitrogen and oxygen atoms in total. The van der Waals surface area contributed by atoms with Crippen LogP contribution in [0.5, 0.6) is 0 Å². The van der Waals surface area contributed by atoms with Crippen molar-refractivity contribution in [2.75, 3.05) is 0 Å². The van der Waals surface area contributed by atoms with Gasteiger partial charge in [-0.3, -0.25) is 0 Å². The van der Waals surface area contributed by atoms with Gasteiger partial charge >= 0.3 is 0 Å². The van der Waals surface area contributed by atoms with Crippen molar-refractivity contribution < 1.29 is 19.0 Å². The maximum atomic E-state index is 13.0. The lowest BCUT2D eigenvalue weighted by Gasteiger charge is -2.44. The number of hydrogen-bond donors (Lipinski definition) is 2. The van der Waals surface area contributed by atoms with E-state index in [0.29, 0.717) is 36.5 Å². The fourth-order valence-electron chi connectivity index (χ4n) is 7.06. The van der Waals surface area contributed by atoms with E-state index in [1.165, 1.54) is 5.57 Å². The summed E-state index contributed by atoms with van der Waals surface area (Å²) in [6.45, 7) is 4.36. The molecule has 0 bridgehead atoms. The Morgan fingerprint density at radius 3 is 2.43 bits per heavy atom. The number of alkyl halides is 2. The molecule has 4 heteroatoms. The van der Waals surface area contributed by atoms with Crippen LogP contribution >= 0.6 is 0 Å². The molecular formula is C24H36F2O2. The first-order chi connectivity index (χ1) is 13.3. The second-order valence-electron chi connectivity index (χ2n) is 10.4. The SMILES string of the molecule is C[C@@H](CC(F)F)C1CCC2/C(=C/C=C3C[C@@H](O)C4CC4[C@H](O)C3)CCC[C@@]21C. The minimum atomic E-state index is -2.21. The molecule has 4 fully saturated rings. The van der Waals surface area contributed by atoms with E-state index < -0.39 is 6.43 Å². The third-order valence-corrected chi connectivity index (χ3v) is 8.63. The van der Waals surface area contributed by atoms with Crippen LogP contribution in [0.1, 0.15) is 71.6 Å². The molecule has 0 aromatic rings. The van der Waals surface area contributed by atoms with Crippen LogP contribution in [0, 0.1) is 35.0 Å². The third-order valence-electron chi connectivity index (χ3n) is 8.63. The Hall–Kier alpha value is -0.740. The van der Waals surface area contributed by atoms with Crippen molar-refractivity contribution in [3.05, 3.63) is 23.3 Å². The van der Waals surface area contributed by atoms with Gasteiger partial charge in [0.2, 0.25) is 6.43 Å². The average molecular weight is 395 g/mol. The monoisotopic (exact) mass is 394 g/mol. The lowest BCUT2D eigenvalue weighted by atomic mass is 9.61. The molecule has 28 heavy (non-hydrogen) atoms. The molecule has 4 aliphatic rings. The predicted molar refractivity (Wildman–Crippen MR) is 107 cm³/mol. The molecule has 0 aromatic heterocycles. The van der Waals surface area contributed by atoms with E-state index in [0.717, 1.165) is 44.1 Å². The van der Waals surface area contributed by atoms with E-state index in [2.05, 4.69) is 19.1 Å². The summed E-state index contributed by atoms with van der Waals surface area (Å²) >= 11 is 0. The largest absolute Gasteiger partial charge is 0.392 e. The summed E-state index contributed by atoms with van der Waals surface area (Å²) in [7, 11) is 0. The van der Waals surface area contributed by atoms with Gasteiger partial charge in [-0.2, -0.15) is 0 Å². The Bertz CT molecular complexity index is 625. The molecule has 4 rings (SSSR count). The van der Waals surface area contributed by atoms with Gasteiger partial charge in [0.05, 0.1) is 12.2 Å². The van der Waals surface area contributed by atoms with Gasteiger partial charge in [-0.1, -0.05) is 37.1 Å². The molecule has 4 unspecified atom stereocenters. The van der Waals surface area contributed by atoms with Crippen molar-refractivity contribution in [1.29, 1.82) is 0 Å². The highest BCUT2D eigenvalue weighted by Crippen LogP contribution is 2.60. The molecule has 158 valence electrons. The molecule has 4 aliphatic carbocycles. The van der Waals surface area contributed by atoms with E-state index in [-0.39, 0.29) is 30.0 Å². The van der Waals surface area contributed by atoms with Crippen molar-refractivity contribution >= 4 is 0 Å². The first-order valence-corrected chi connectivity index (χ1v) is 11.3. The summed E-state index contributed by atoms with van der Waals surface area (Å²) in [6.07, 6.45) is 9.48. The van der Waals surface area contributed by atoms with Gasteiger partial charge in [0.25, 0.3) is 0 Å². The molecule has 0 aliphatic heterocycles. The van der Waals surface area contributed by atoms with Crippen molar-refractivity contribution in [2.45, 2.75) is 90.3 Å². The lowest BCUT2D eigenvalue weighted by Crippen LogP contribution is -2.36. The molecular weight excluding hydrogens is 358 g/mol. The highest BCUT2D eigenvalue weighted by Gasteiger charge is 2.51. The van der Waals surface area contributed by atoms with Crippen LogP contribution in [0.2, 0.25) is 0 Å². The predicted octanol–water partition coefficient (Wildman–Crippen LogP) is 5.50. The fourth-order valence-corrected chi connectivity index (χ4v) is 7.06. The zero-order valence-corrected chi connectivity index (χ0v) is 17.3. The molecule has 4 saturated carbocycles. The molecule has 8 atom stereocenters. The number of halogens is 2. The molecule has 0 amide bonds. The number of aliphatic hydroxyl groups is 2. The topological polar surface area (TPSA) is 40.5 Å². The Balaban J connectivity index is 1.49. The van der Waals surface area contributed by atoms with Gasteiger partial charge in [0.1, 0.15) is 0 Å². The molecule has 0 spiro atoms. The minimum absolute atomic E-state index is 0.0220. The van der Waals surface area contributed by atoms with Crippen LogP contribution < -0.4 is 0 Å². The number of hydrogen-bond acceptors (Lipinski definition) is 2. The smallest absolute Gasteiger partial charge is 0.238 e. The molecule has 0 aromatic carbocycles. The van der Waals surface area contributed by atoms with Gasteiger partial charge in [-0.05, 0) is 86.4 Å². The number of aliphatic hydroxyl groups excluding tert-OH is 2. The van der Waals surface area contributed by atoms with Crippen LogP contribution in [-0.4, -0.2) is 28.8 Å². The summed E-state index contributed by atoms with van der Waals surface area (Å²) < 4.78 is 25.9. The summed E-state index contributed by atoms with van der Waals surface area (Å²) in [5.74, 6) is 1.54. The van der Waals surface area contributed by atoms with Crippen LogP contribution in [0.15, 0.2) is 23.3 Å². The van der Waals surface area contributed by atoms with E-state index in [1.54, 1.807) is 0 Å². The Morgan fingerprint density at radius 1 is 1.11 bits per heavy atom. The van der Waals surface area contributed by atoms with Gasteiger partial charge < -0.3 is 10.2 Å². The van der Waals surface area contributed by atoms with Crippen molar-refractivity contribution in [1.82, 2.24) is 0 Å². The lowest BCUT2D eigenvalue weighted by molar-refractivity contribution is 0.0522. The highest BCUT2D eigenvalue weighted by molar-refractivity contribution is 5.26. The van der Waals surface area contributed by atoms with Crippen LogP contribution in [-0.2, 0) is 0 Å². The summed E-state index contributed by atoms with van der Waals surface area (Å²) in [6, 6.07) is 0. The highest BCUT2D eigenvalue weighted by atomic mass is 19.3. The first kappa shape index (κ1) is 20.5. The molecule has 2 N–H and O–H groups in total. The summed E-state index contributed by atoms with van der Waals surface area (Å²) in [5, 5.41) is 20.7. The van der Waals surface area contributed by atoms with Gasteiger partial charge in [-0.15, -0.1) is 0 Å². The van der Waals surface area contributed by atoms with E-state index in [4.69, 9.17) is 0 Å². The van der Waals surface area contributed by atoms with Crippen LogP contribution in [0.25, 0.3) is 0 Å². The van der Waals surface area contributed by atoms with Crippen LogP contribution in [0.3, 0.4) is 0 Å². The molecule has 0 radical (unpaired) electrons. The quantitative estimate of drug-likeness (QED) is 0.661. The van der Waals surface area contributed by atoms with Crippen LogP contribution in [0.4, 0.5) is 8.78 Å². The fraction of sp³-hybridized carbons (Fsp3) is 0.833. The van der Waals surface area contributed by atoms with E-state index in [9.17, 15) is 19.0 Å². The Kier molecular flexibility index (Phi) is 5.74. The van der Waals surface area contributed by atoms with E-state index in [1.807, 2.05) is 6.92 Å². The normalized spacial score (nSPS) is 45.5. The molecule has 0 heterocycles. The zero-order valence-electron chi connectivity index (χ0n) is 17.3. The number of rotatable bonds is 4. The van der Waals surface area contributed by atoms with Crippen molar-refractivity contribution in [3.8, 4) is 0 Å². The number of fused-ring (bicyclic) bond motifs is 2. The maximum Gasteiger partial charge on any atom is 0.238 e. The van der Waals surface area contributed by atoms with Crippen molar-refractivity contribution in [3.63, 3.8) is 0 Å². The first-order valence-electron chi connectivity index (χ1n) is 11.3.